The lowest BCUT2D eigenvalue weighted by atomic mass is 10.2. The predicted molar refractivity (Wildman–Crippen MR) is 91.5 cm³/mol. The zero-order chi connectivity index (χ0) is 16.5. The standard InChI is InChI=1S/C19H23NO3/c1-15-6-4-9-18(12-15)23-11-3-2-10-19(22)20-17-8-5-7-16(13-17)14-21/h4-9,12-13,21H,2-3,10-11,14H2,1H3,(H,20,22). The Hall–Kier alpha value is -2.33. The molecule has 2 N–H and O–H groups in total. The first-order valence-electron chi connectivity index (χ1n) is 7.86. The van der Waals surface area contributed by atoms with Gasteiger partial charge < -0.3 is 15.2 Å². The first kappa shape index (κ1) is 17.0. The molecule has 0 saturated carbocycles. The minimum atomic E-state index is -0.0278. The number of ether oxygens (including phenoxy) is 1. The molecule has 0 heterocycles. The van der Waals surface area contributed by atoms with Gasteiger partial charge in [0.05, 0.1) is 13.2 Å². The van der Waals surface area contributed by atoms with Crippen LogP contribution in [0.3, 0.4) is 0 Å². The summed E-state index contributed by atoms with van der Waals surface area (Å²) in [6.45, 7) is 2.61. The van der Waals surface area contributed by atoms with Crippen LogP contribution in [0.5, 0.6) is 5.75 Å². The van der Waals surface area contributed by atoms with Crippen LogP contribution >= 0.6 is 0 Å². The molecule has 0 atom stereocenters. The van der Waals surface area contributed by atoms with Gasteiger partial charge in [0.2, 0.25) is 5.91 Å². The smallest absolute Gasteiger partial charge is 0.224 e. The van der Waals surface area contributed by atoms with Crippen LogP contribution in [0, 0.1) is 6.92 Å². The number of benzene rings is 2. The highest BCUT2D eigenvalue weighted by Crippen LogP contribution is 2.14. The molecule has 0 fully saturated rings. The van der Waals surface area contributed by atoms with Gasteiger partial charge in [-0.05, 0) is 55.2 Å². The number of carbonyl (C=O) groups excluding carboxylic acids is 1. The van der Waals surface area contributed by atoms with Gasteiger partial charge in [-0.15, -0.1) is 0 Å². The van der Waals surface area contributed by atoms with Crippen molar-refractivity contribution in [1.29, 1.82) is 0 Å². The van der Waals surface area contributed by atoms with Crippen molar-refractivity contribution in [1.82, 2.24) is 0 Å². The molecular formula is C19H23NO3. The molecule has 23 heavy (non-hydrogen) atoms. The van der Waals surface area contributed by atoms with Crippen molar-refractivity contribution in [2.45, 2.75) is 32.8 Å². The van der Waals surface area contributed by atoms with Crippen molar-refractivity contribution in [2.75, 3.05) is 11.9 Å². The molecule has 2 aromatic rings. The number of aryl methyl sites for hydroxylation is 1. The third-order valence-corrected chi connectivity index (χ3v) is 3.45. The third kappa shape index (κ3) is 6.12. The van der Waals surface area contributed by atoms with E-state index in [-0.39, 0.29) is 12.5 Å². The number of hydrogen-bond donors (Lipinski definition) is 2. The summed E-state index contributed by atoms with van der Waals surface area (Å²) in [5, 5.41) is 11.9. The number of rotatable bonds is 8. The van der Waals surface area contributed by atoms with Crippen LogP contribution in [0.15, 0.2) is 48.5 Å². The maximum atomic E-state index is 11.9. The average molecular weight is 313 g/mol. The maximum absolute atomic E-state index is 11.9. The van der Waals surface area contributed by atoms with E-state index in [1.807, 2.05) is 49.4 Å². The van der Waals surface area contributed by atoms with Crippen molar-refractivity contribution in [3.05, 3.63) is 59.7 Å². The van der Waals surface area contributed by atoms with E-state index >= 15 is 0 Å². The molecule has 4 heteroatoms. The van der Waals surface area contributed by atoms with Gasteiger partial charge in [0.25, 0.3) is 0 Å². The summed E-state index contributed by atoms with van der Waals surface area (Å²) in [6.07, 6.45) is 2.07. The highest BCUT2D eigenvalue weighted by molar-refractivity contribution is 5.90. The number of nitrogens with one attached hydrogen (secondary N) is 1. The van der Waals surface area contributed by atoms with Crippen LogP contribution in [0.25, 0.3) is 0 Å². The zero-order valence-electron chi connectivity index (χ0n) is 13.4. The molecular weight excluding hydrogens is 290 g/mol. The van der Waals surface area contributed by atoms with Gasteiger partial charge in [0, 0.05) is 12.1 Å². The van der Waals surface area contributed by atoms with Crippen LogP contribution in [0.1, 0.15) is 30.4 Å². The second kappa shape index (κ2) is 8.96. The topological polar surface area (TPSA) is 58.6 Å². The molecule has 0 aromatic heterocycles. The highest BCUT2D eigenvalue weighted by atomic mass is 16.5. The van der Waals surface area contributed by atoms with E-state index in [0.29, 0.717) is 13.0 Å². The van der Waals surface area contributed by atoms with Crippen LogP contribution in [-0.4, -0.2) is 17.6 Å². The Kier molecular flexibility index (Phi) is 6.63. The second-order valence-electron chi connectivity index (χ2n) is 5.53. The largest absolute Gasteiger partial charge is 0.494 e. The molecule has 0 saturated heterocycles. The number of amides is 1. The summed E-state index contributed by atoms with van der Waals surface area (Å²) in [4.78, 5) is 11.9. The van der Waals surface area contributed by atoms with E-state index in [2.05, 4.69) is 5.32 Å². The SMILES string of the molecule is Cc1cccc(OCCCCC(=O)Nc2cccc(CO)c2)c1. The number of aliphatic hydroxyl groups excluding tert-OH is 1. The predicted octanol–water partition coefficient (Wildman–Crippen LogP) is 3.68. The zero-order valence-corrected chi connectivity index (χ0v) is 13.4. The first-order valence-corrected chi connectivity index (χ1v) is 7.86. The summed E-state index contributed by atoms with van der Waals surface area (Å²) >= 11 is 0. The Morgan fingerprint density at radius 1 is 1.13 bits per heavy atom. The number of anilines is 1. The molecule has 122 valence electrons. The monoisotopic (exact) mass is 313 g/mol. The fourth-order valence-electron chi connectivity index (χ4n) is 2.25. The fraction of sp³-hybridized carbons (Fsp3) is 0.316. The lowest BCUT2D eigenvalue weighted by Gasteiger charge is -2.08. The molecule has 0 aliphatic carbocycles. The van der Waals surface area contributed by atoms with E-state index in [1.54, 1.807) is 6.07 Å². The van der Waals surface area contributed by atoms with Gasteiger partial charge >= 0.3 is 0 Å². The van der Waals surface area contributed by atoms with Crippen LogP contribution in [-0.2, 0) is 11.4 Å². The van der Waals surface area contributed by atoms with Crippen molar-refractivity contribution < 1.29 is 14.6 Å². The Bertz CT molecular complexity index is 640. The minimum Gasteiger partial charge on any atom is -0.494 e. The van der Waals surface area contributed by atoms with E-state index in [1.165, 1.54) is 5.56 Å². The van der Waals surface area contributed by atoms with Crippen molar-refractivity contribution >= 4 is 11.6 Å². The molecule has 1 amide bonds. The quantitative estimate of drug-likeness (QED) is 0.731. The fourth-order valence-corrected chi connectivity index (χ4v) is 2.25. The average Bonchev–Trinajstić information content (AvgIpc) is 2.55. The normalized spacial score (nSPS) is 10.3. The van der Waals surface area contributed by atoms with Gasteiger partial charge in [-0.3, -0.25) is 4.79 Å². The first-order chi connectivity index (χ1) is 11.2. The number of aliphatic hydroxyl groups is 1. The molecule has 4 nitrogen and oxygen atoms in total. The summed E-state index contributed by atoms with van der Waals surface area (Å²) < 4.78 is 5.66. The number of carbonyl (C=O) groups is 1. The van der Waals surface area contributed by atoms with Crippen molar-refractivity contribution in [3.8, 4) is 5.75 Å². The van der Waals surface area contributed by atoms with E-state index in [4.69, 9.17) is 9.84 Å². The van der Waals surface area contributed by atoms with Crippen LogP contribution in [0.4, 0.5) is 5.69 Å². The van der Waals surface area contributed by atoms with Gasteiger partial charge in [-0.1, -0.05) is 24.3 Å². The van der Waals surface area contributed by atoms with Gasteiger partial charge in [0.1, 0.15) is 5.75 Å². The second-order valence-corrected chi connectivity index (χ2v) is 5.53. The Labute approximate surface area is 137 Å². The Morgan fingerprint density at radius 2 is 1.96 bits per heavy atom. The van der Waals surface area contributed by atoms with Gasteiger partial charge in [-0.25, -0.2) is 0 Å². The molecule has 2 rings (SSSR count). The number of hydrogen-bond acceptors (Lipinski definition) is 3. The molecule has 0 aliphatic heterocycles. The molecule has 0 unspecified atom stereocenters. The lowest BCUT2D eigenvalue weighted by Crippen LogP contribution is -2.11. The molecule has 0 radical (unpaired) electrons. The summed E-state index contributed by atoms with van der Waals surface area (Å²) in [7, 11) is 0. The Balaban J connectivity index is 1.64. The van der Waals surface area contributed by atoms with E-state index in [0.717, 1.165) is 29.8 Å². The van der Waals surface area contributed by atoms with E-state index < -0.39 is 0 Å². The van der Waals surface area contributed by atoms with Gasteiger partial charge in [0.15, 0.2) is 0 Å². The molecule has 2 aromatic carbocycles. The van der Waals surface area contributed by atoms with Crippen LogP contribution < -0.4 is 10.1 Å². The van der Waals surface area contributed by atoms with E-state index in [9.17, 15) is 4.79 Å². The number of unbranched alkanes of at least 4 members (excludes halogenated alkanes) is 1. The van der Waals surface area contributed by atoms with Gasteiger partial charge in [-0.2, -0.15) is 0 Å². The van der Waals surface area contributed by atoms with Crippen molar-refractivity contribution in [3.63, 3.8) is 0 Å². The molecule has 0 spiro atoms. The minimum absolute atomic E-state index is 0.0179. The van der Waals surface area contributed by atoms with Crippen molar-refractivity contribution in [2.24, 2.45) is 0 Å². The molecule has 0 bridgehead atoms. The lowest BCUT2D eigenvalue weighted by molar-refractivity contribution is -0.116. The summed E-state index contributed by atoms with van der Waals surface area (Å²) in [6, 6.07) is 15.2. The third-order valence-electron chi connectivity index (χ3n) is 3.45. The summed E-state index contributed by atoms with van der Waals surface area (Å²) in [5.74, 6) is 0.853. The Morgan fingerprint density at radius 3 is 2.74 bits per heavy atom. The maximum Gasteiger partial charge on any atom is 0.224 e. The highest BCUT2D eigenvalue weighted by Gasteiger charge is 2.03. The van der Waals surface area contributed by atoms with Crippen LogP contribution in [0.2, 0.25) is 0 Å². The summed E-state index contributed by atoms with van der Waals surface area (Å²) in [5.41, 5.74) is 2.68. The molecule has 0 aliphatic rings.